The van der Waals surface area contributed by atoms with Crippen LogP contribution in [0.3, 0.4) is 0 Å². The largest absolute Gasteiger partial charge is 0.481 e. The smallest absolute Gasteiger partial charge is 0.303 e. The van der Waals surface area contributed by atoms with E-state index < -0.39 is 12.1 Å². The van der Waals surface area contributed by atoms with Crippen molar-refractivity contribution in [3.63, 3.8) is 0 Å². The molecule has 5 nitrogen and oxygen atoms in total. The summed E-state index contributed by atoms with van der Waals surface area (Å²) in [5.74, 6) is -1.02. The minimum Gasteiger partial charge on any atom is -0.481 e. The monoisotopic (exact) mass is 203 g/mol. The quantitative estimate of drug-likeness (QED) is 0.641. The molecule has 0 saturated carbocycles. The number of carboxylic acids is 1. The number of aliphatic carboxylic acids is 1. The first-order chi connectivity index (χ1) is 6.43. The van der Waals surface area contributed by atoms with Gasteiger partial charge < -0.3 is 15.1 Å². The van der Waals surface area contributed by atoms with Gasteiger partial charge >= 0.3 is 5.97 Å². The van der Waals surface area contributed by atoms with Crippen LogP contribution in [0.4, 0.5) is 0 Å². The molecule has 5 heteroatoms. The van der Waals surface area contributed by atoms with Crippen molar-refractivity contribution >= 4 is 11.9 Å². The first-order valence-electron chi connectivity index (χ1n) is 4.57. The number of likely N-dealkylation sites (N-methyl/N-ethyl adjacent to an activating group) is 1. The highest BCUT2D eigenvalue weighted by Crippen LogP contribution is 2.00. The Morgan fingerprint density at radius 1 is 1.36 bits per heavy atom. The molecule has 82 valence electrons. The lowest BCUT2D eigenvalue weighted by atomic mass is 10.2. The fraction of sp³-hybridized carbons (Fsp3) is 0.778. The van der Waals surface area contributed by atoms with E-state index in [1.54, 1.807) is 14.0 Å². The molecule has 0 aliphatic heterocycles. The predicted octanol–water partition coefficient (Wildman–Crippen LogP) is 0.0805. The standard InChI is InChI=1S/C9H17NO4/c1-7(11)6-10(2)8(12)4-3-5-9(13)14/h7,11H,3-6H2,1-2H3,(H,13,14). The Balaban J connectivity index is 3.67. The molecular weight excluding hydrogens is 186 g/mol. The summed E-state index contributed by atoms with van der Waals surface area (Å²) in [6.45, 7) is 1.88. The number of aliphatic hydroxyl groups excluding tert-OH is 1. The average molecular weight is 203 g/mol. The molecule has 1 atom stereocenters. The van der Waals surface area contributed by atoms with Crippen LogP contribution in [0, 0.1) is 0 Å². The van der Waals surface area contributed by atoms with E-state index in [4.69, 9.17) is 10.2 Å². The van der Waals surface area contributed by atoms with Gasteiger partial charge in [0.1, 0.15) is 0 Å². The maximum absolute atomic E-state index is 11.3. The second kappa shape index (κ2) is 6.37. The van der Waals surface area contributed by atoms with Crippen LogP contribution >= 0.6 is 0 Å². The molecule has 0 radical (unpaired) electrons. The van der Waals surface area contributed by atoms with Gasteiger partial charge in [0.2, 0.25) is 5.91 Å². The number of nitrogens with zero attached hydrogens (tertiary/aromatic N) is 1. The van der Waals surface area contributed by atoms with Crippen molar-refractivity contribution < 1.29 is 19.8 Å². The number of amides is 1. The van der Waals surface area contributed by atoms with Crippen LogP contribution in [-0.2, 0) is 9.59 Å². The van der Waals surface area contributed by atoms with Crippen LogP contribution in [0.5, 0.6) is 0 Å². The number of carbonyl (C=O) groups excluding carboxylic acids is 1. The van der Waals surface area contributed by atoms with Crippen LogP contribution in [0.2, 0.25) is 0 Å². The van der Waals surface area contributed by atoms with Gasteiger partial charge in [0.25, 0.3) is 0 Å². The third-order valence-corrected chi connectivity index (χ3v) is 1.75. The average Bonchev–Trinajstić information content (AvgIpc) is 2.01. The zero-order valence-electron chi connectivity index (χ0n) is 8.56. The molecular formula is C9H17NO4. The number of carbonyl (C=O) groups is 2. The SMILES string of the molecule is CC(O)CN(C)C(=O)CCCC(=O)O. The normalized spacial score (nSPS) is 12.2. The minimum absolute atomic E-state index is 0.00819. The highest BCUT2D eigenvalue weighted by atomic mass is 16.4. The van der Waals surface area contributed by atoms with E-state index in [1.807, 2.05) is 0 Å². The van der Waals surface area contributed by atoms with Crippen molar-refractivity contribution in [3.05, 3.63) is 0 Å². The van der Waals surface area contributed by atoms with Gasteiger partial charge in [-0.25, -0.2) is 0 Å². The van der Waals surface area contributed by atoms with Crippen molar-refractivity contribution in [2.75, 3.05) is 13.6 Å². The molecule has 0 spiro atoms. The van der Waals surface area contributed by atoms with E-state index in [2.05, 4.69) is 0 Å². The zero-order chi connectivity index (χ0) is 11.1. The molecule has 14 heavy (non-hydrogen) atoms. The number of carboxylic acid groups (broad SMARTS) is 1. The fourth-order valence-electron chi connectivity index (χ4n) is 1.08. The molecule has 0 rings (SSSR count). The maximum Gasteiger partial charge on any atom is 0.303 e. The van der Waals surface area contributed by atoms with E-state index in [0.717, 1.165) is 0 Å². The molecule has 0 aromatic carbocycles. The molecule has 2 N–H and O–H groups in total. The van der Waals surface area contributed by atoms with E-state index in [9.17, 15) is 9.59 Å². The Labute approximate surface area is 83.3 Å². The zero-order valence-corrected chi connectivity index (χ0v) is 8.56. The number of hydrogen-bond acceptors (Lipinski definition) is 3. The van der Waals surface area contributed by atoms with Crippen molar-refractivity contribution in [1.29, 1.82) is 0 Å². The number of rotatable bonds is 6. The molecule has 0 aliphatic carbocycles. The van der Waals surface area contributed by atoms with Crippen LogP contribution < -0.4 is 0 Å². The van der Waals surface area contributed by atoms with Gasteiger partial charge in [-0.15, -0.1) is 0 Å². The van der Waals surface area contributed by atoms with Gasteiger partial charge in [-0.1, -0.05) is 0 Å². The molecule has 0 saturated heterocycles. The van der Waals surface area contributed by atoms with E-state index >= 15 is 0 Å². The number of hydrogen-bond donors (Lipinski definition) is 2. The minimum atomic E-state index is -0.893. The summed E-state index contributed by atoms with van der Waals surface area (Å²) in [4.78, 5) is 22.9. The highest BCUT2D eigenvalue weighted by molar-refractivity contribution is 5.76. The van der Waals surface area contributed by atoms with Gasteiger partial charge in [-0.3, -0.25) is 9.59 Å². The van der Waals surface area contributed by atoms with Crippen LogP contribution in [0.1, 0.15) is 26.2 Å². The van der Waals surface area contributed by atoms with E-state index in [-0.39, 0.29) is 25.3 Å². The summed E-state index contributed by atoms with van der Waals surface area (Å²) in [5.41, 5.74) is 0. The summed E-state index contributed by atoms with van der Waals surface area (Å²) in [5, 5.41) is 17.3. The molecule has 0 aromatic heterocycles. The first kappa shape index (κ1) is 12.9. The molecule has 1 unspecified atom stereocenters. The highest BCUT2D eigenvalue weighted by Gasteiger charge is 2.10. The fourth-order valence-corrected chi connectivity index (χ4v) is 1.08. The third-order valence-electron chi connectivity index (χ3n) is 1.75. The second-order valence-corrected chi connectivity index (χ2v) is 3.37. The lowest BCUT2D eigenvalue weighted by Crippen LogP contribution is -2.32. The molecule has 0 aromatic rings. The van der Waals surface area contributed by atoms with Gasteiger partial charge in [0.05, 0.1) is 6.10 Å². The number of aliphatic hydroxyl groups is 1. The first-order valence-corrected chi connectivity index (χ1v) is 4.57. The summed E-state index contributed by atoms with van der Waals surface area (Å²) in [6.07, 6.45) is 0.0191. The van der Waals surface area contributed by atoms with Crippen LogP contribution in [0.25, 0.3) is 0 Å². The summed E-state index contributed by atoms with van der Waals surface area (Å²) in [7, 11) is 1.59. The van der Waals surface area contributed by atoms with Crippen LogP contribution in [0.15, 0.2) is 0 Å². The third kappa shape index (κ3) is 6.42. The predicted molar refractivity (Wildman–Crippen MR) is 50.8 cm³/mol. The Morgan fingerprint density at radius 3 is 2.36 bits per heavy atom. The Bertz CT molecular complexity index is 203. The van der Waals surface area contributed by atoms with Gasteiger partial charge in [0.15, 0.2) is 0 Å². The van der Waals surface area contributed by atoms with E-state index in [0.29, 0.717) is 6.42 Å². The second-order valence-electron chi connectivity index (χ2n) is 3.37. The topological polar surface area (TPSA) is 77.8 Å². The lowest BCUT2D eigenvalue weighted by molar-refractivity contribution is -0.137. The maximum atomic E-state index is 11.3. The Hall–Kier alpha value is -1.10. The molecule has 0 fully saturated rings. The summed E-state index contributed by atoms with van der Waals surface area (Å²) in [6, 6.07) is 0. The van der Waals surface area contributed by atoms with Crippen molar-refractivity contribution in [2.24, 2.45) is 0 Å². The van der Waals surface area contributed by atoms with Crippen molar-refractivity contribution in [2.45, 2.75) is 32.3 Å². The van der Waals surface area contributed by atoms with Gasteiger partial charge in [-0.2, -0.15) is 0 Å². The van der Waals surface area contributed by atoms with Crippen LogP contribution in [-0.4, -0.2) is 46.7 Å². The van der Waals surface area contributed by atoms with E-state index in [1.165, 1.54) is 4.90 Å². The Kier molecular flexibility index (Phi) is 5.87. The van der Waals surface area contributed by atoms with Gasteiger partial charge in [-0.05, 0) is 13.3 Å². The summed E-state index contributed by atoms with van der Waals surface area (Å²) < 4.78 is 0. The molecule has 0 aliphatic rings. The lowest BCUT2D eigenvalue weighted by Gasteiger charge is -2.18. The van der Waals surface area contributed by atoms with Crippen molar-refractivity contribution in [1.82, 2.24) is 4.90 Å². The van der Waals surface area contributed by atoms with Gasteiger partial charge in [0, 0.05) is 26.4 Å². The molecule has 1 amide bonds. The van der Waals surface area contributed by atoms with Crippen molar-refractivity contribution in [3.8, 4) is 0 Å². The Morgan fingerprint density at radius 2 is 1.93 bits per heavy atom. The summed E-state index contributed by atoms with van der Waals surface area (Å²) >= 11 is 0. The molecule has 0 heterocycles. The molecule has 0 bridgehead atoms.